The molecule has 2 atom stereocenters. The predicted octanol–water partition coefficient (Wildman–Crippen LogP) is 3.26. The first-order chi connectivity index (χ1) is 11.4. The van der Waals surface area contributed by atoms with Crippen LogP contribution in [0.15, 0.2) is 30.3 Å². The highest BCUT2D eigenvalue weighted by Crippen LogP contribution is 2.29. The molecule has 7 heteroatoms. The Balaban J connectivity index is 1.90. The lowest BCUT2D eigenvalue weighted by molar-refractivity contribution is -0.252. The molecule has 0 aliphatic carbocycles. The number of rotatable bonds is 2. The molecule has 1 aromatic heterocycles. The van der Waals surface area contributed by atoms with Gasteiger partial charge in [-0.05, 0) is 24.6 Å². The zero-order valence-corrected chi connectivity index (χ0v) is 13.0. The third-order valence-corrected chi connectivity index (χ3v) is 4.01. The van der Waals surface area contributed by atoms with Crippen LogP contribution in [0.5, 0.6) is 0 Å². The Morgan fingerprint density at radius 1 is 1.33 bits per heavy atom. The molecular weight excluding hydrogens is 319 g/mol. The molecule has 126 valence electrons. The first kappa shape index (κ1) is 16.7. The average molecular weight is 335 g/mol. The highest BCUT2D eigenvalue weighted by molar-refractivity contribution is 5.82. The first-order valence-corrected chi connectivity index (χ1v) is 7.60. The number of pyridine rings is 1. The largest absolute Gasteiger partial charge is 0.415 e. The van der Waals surface area contributed by atoms with Gasteiger partial charge in [-0.25, -0.2) is 4.98 Å². The summed E-state index contributed by atoms with van der Waals surface area (Å²) < 4.78 is 44.0. The second-order valence-corrected chi connectivity index (χ2v) is 5.97. The third-order valence-electron chi connectivity index (χ3n) is 4.01. The second kappa shape index (κ2) is 6.38. The van der Waals surface area contributed by atoms with Crippen molar-refractivity contribution in [2.24, 2.45) is 0 Å². The van der Waals surface area contributed by atoms with Crippen LogP contribution in [0.3, 0.4) is 0 Å². The fourth-order valence-electron chi connectivity index (χ4n) is 3.03. The van der Waals surface area contributed by atoms with E-state index < -0.39 is 18.4 Å². The Labute approximate surface area is 137 Å². The maximum absolute atomic E-state index is 13.0. The number of para-hydroxylation sites is 1. The molecule has 0 saturated carbocycles. The number of benzene rings is 1. The Bertz CT molecular complexity index is 785. The fourth-order valence-corrected chi connectivity index (χ4v) is 3.03. The van der Waals surface area contributed by atoms with E-state index >= 15 is 0 Å². The van der Waals surface area contributed by atoms with E-state index in [9.17, 15) is 13.2 Å². The number of hydrogen-bond donors (Lipinski definition) is 0. The standard InChI is InChI=1S/C17H16F3N3O/c1-11-8-23(10-16(24-11)17(18,19)20)9-12-6-13(7-21)22-15-5-3-2-4-14(12)15/h2-6,11,16H,8-10H2,1H3/t11-,16-/m1/s1. The van der Waals surface area contributed by atoms with Crippen molar-refractivity contribution in [3.8, 4) is 6.07 Å². The normalized spacial score (nSPS) is 22.5. The van der Waals surface area contributed by atoms with E-state index in [-0.39, 0.29) is 12.2 Å². The van der Waals surface area contributed by atoms with Crippen LogP contribution in [0.4, 0.5) is 13.2 Å². The molecule has 24 heavy (non-hydrogen) atoms. The molecule has 4 nitrogen and oxygen atoms in total. The van der Waals surface area contributed by atoms with Gasteiger partial charge in [0.15, 0.2) is 6.10 Å². The minimum atomic E-state index is -4.38. The van der Waals surface area contributed by atoms with Gasteiger partial charge in [0, 0.05) is 25.0 Å². The van der Waals surface area contributed by atoms with Crippen LogP contribution in [-0.4, -0.2) is 41.4 Å². The zero-order chi connectivity index (χ0) is 17.3. The van der Waals surface area contributed by atoms with Crippen molar-refractivity contribution in [2.75, 3.05) is 13.1 Å². The van der Waals surface area contributed by atoms with Gasteiger partial charge >= 0.3 is 6.18 Å². The van der Waals surface area contributed by atoms with Gasteiger partial charge < -0.3 is 4.74 Å². The van der Waals surface area contributed by atoms with E-state index in [4.69, 9.17) is 10.00 Å². The molecule has 2 aromatic rings. The molecule has 2 heterocycles. The molecule has 0 amide bonds. The van der Waals surface area contributed by atoms with E-state index in [1.54, 1.807) is 24.0 Å². The number of nitriles is 1. The number of morpholine rings is 1. The van der Waals surface area contributed by atoms with E-state index in [0.717, 1.165) is 10.9 Å². The molecule has 0 radical (unpaired) electrons. The minimum Gasteiger partial charge on any atom is -0.363 e. The second-order valence-electron chi connectivity index (χ2n) is 5.97. The molecule has 0 N–H and O–H groups in total. The van der Waals surface area contributed by atoms with Gasteiger partial charge in [-0.3, -0.25) is 4.90 Å². The molecule has 0 unspecified atom stereocenters. The number of nitrogens with zero attached hydrogens (tertiary/aromatic N) is 3. The highest BCUT2D eigenvalue weighted by atomic mass is 19.4. The molecule has 1 fully saturated rings. The summed E-state index contributed by atoms with van der Waals surface area (Å²) in [7, 11) is 0. The molecule has 1 aliphatic heterocycles. The summed E-state index contributed by atoms with van der Waals surface area (Å²) in [5.74, 6) is 0. The van der Waals surface area contributed by atoms with Crippen LogP contribution in [0, 0.1) is 11.3 Å². The lowest BCUT2D eigenvalue weighted by atomic mass is 10.1. The van der Waals surface area contributed by atoms with Crippen molar-refractivity contribution in [1.82, 2.24) is 9.88 Å². The number of alkyl halides is 3. The van der Waals surface area contributed by atoms with Gasteiger partial charge in [-0.1, -0.05) is 18.2 Å². The zero-order valence-electron chi connectivity index (χ0n) is 13.0. The highest BCUT2D eigenvalue weighted by Gasteiger charge is 2.44. The topological polar surface area (TPSA) is 49.2 Å². The summed E-state index contributed by atoms with van der Waals surface area (Å²) in [6.45, 7) is 2.14. The summed E-state index contributed by atoms with van der Waals surface area (Å²) >= 11 is 0. The van der Waals surface area contributed by atoms with Gasteiger partial charge in [0.05, 0.1) is 11.6 Å². The Hall–Kier alpha value is -2.17. The Morgan fingerprint density at radius 2 is 2.08 bits per heavy atom. The smallest absolute Gasteiger partial charge is 0.363 e. The van der Waals surface area contributed by atoms with Crippen molar-refractivity contribution in [1.29, 1.82) is 5.26 Å². The quantitative estimate of drug-likeness (QED) is 0.845. The number of ether oxygens (including phenoxy) is 1. The third kappa shape index (κ3) is 3.50. The van der Waals surface area contributed by atoms with E-state index in [0.29, 0.717) is 18.6 Å². The summed E-state index contributed by atoms with van der Waals surface area (Å²) in [5.41, 5.74) is 1.73. The van der Waals surface area contributed by atoms with Crippen LogP contribution >= 0.6 is 0 Å². The monoisotopic (exact) mass is 335 g/mol. The minimum absolute atomic E-state index is 0.216. The fraction of sp³-hybridized carbons (Fsp3) is 0.412. The van der Waals surface area contributed by atoms with Gasteiger partial charge in [0.25, 0.3) is 0 Å². The van der Waals surface area contributed by atoms with Crippen molar-refractivity contribution < 1.29 is 17.9 Å². The molecule has 3 rings (SSSR count). The maximum atomic E-state index is 13.0. The average Bonchev–Trinajstić information content (AvgIpc) is 2.53. The molecular formula is C17H16F3N3O. The van der Waals surface area contributed by atoms with Gasteiger partial charge in [0.1, 0.15) is 11.8 Å². The van der Waals surface area contributed by atoms with Crippen molar-refractivity contribution in [2.45, 2.75) is 31.9 Å². The molecule has 1 aliphatic rings. The lowest BCUT2D eigenvalue weighted by Gasteiger charge is -2.37. The summed E-state index contributed by atoms with van der Waals surface area (Å²) in [5, 5.41) is 9.97. The van der Waals surface area contributed by atoms with Crippen LogP contribution in [0.1, 0.15) is 18.2 Å². The Kier molecular flexibility index (Phi) is 4.43. The van der Waals surface area contributed by atoms with Crippen molar-refractivity contribution in [3.05, 3.63) is 41.6 Å². The number of fused-ring (bicyclic) bond motifs is 1. The number of halogens is 3. The molecule has 0 spiro atoms. The number of aromatic nitrogens is 1. The van der Waals surface area contributed by atoms with Crippen LogP contribution in [0.2, 0.25) is 0 Å². The van der Waals surface area contributed by atoms with Crippen molar-refractivity contribution in [3.63, 3.8) is 0 Å². The van der Waals surface area contributed by atoms with Crippen LogP contribution in [0.25, 0.3) is 10.9 Å². The lowest BCUT2D eigenvalue weighted by Crippen LogP contribution is -2.51. The SMILES string of the molecule is C[C@@H]1CN(Cc2cc(C#N)nc3ccccc23)C[C@H](C(F)(F)F)O1. The molecule has 1 saturated heterocycles. The summed E-state index contributed by atoms with van der Waals surface area (Å²) in [6.07, 6.45) is -6.68. The predicted molar refractivity (Wildman–Crippen MR) is 82.1 cm³/mol. The van der Waals surface area contributed by atoms with Crippen LogP contribution in [-0.2, 0) is 11.3 Å². The van der Waals surface area contributed by atoms with Gasteiger partial charge in [-0.2, -0.15) is 18.4 Å². The molecule has 1 aromatic carbocycles. The van der Waals surface area contributed by atoms with E-state index in [2.05, 4.69) is 4.98 Å². The van der Waals surface area contributed by atoms with Crippen molar-refractivity contribution >= 4 is 10.9 Å². The van der Waals surface area contributed by atoms with Gasteiger partial charge in [0.2, 0.25) is 0 Å². The summed E-state index contributed by atoms with van der Waals surface area (Å²) in [4.78, 5) is 5.95. The van der Waals surface area contributed by atoms with E-state index in [1.165, 1.54) is 0 Å². The van der Waals surface area contributed by atoms with Gasteiger partial charge in [-0.15, -0.1) is 0 Å². The number of hydrogen-bond acceptors (Lipinski definition) is 4. The maximum Gasteiger partial charge on any atom is 0.415 e. The van der Waals surface area contributed by atoms with E-state index in [1.807, 2.05) is 24.3 Å². The first-order valence-electron chi connectivity index (χ1n) is 7.60. The molecule has 0 bridgehead atoms. The van der Waals surface area contributed by atoms with Crippen LogP contribution < -0.4 is 0 Å². The summed E-state index contributed by atoms with van der Waals surface area (Å²) in [6, 6.07) is 11.0. The Morgan fingerprint density at radius 3 is 2.79 bits per heavy atom.